The maximum atomic E-state index is 7.30. The number of hydrogen-bond donors (Lipinski definition) is 0. The number of nitrogens with zero attached hydrogens (tertiary/aromatic N) is 6. The Balaban J connectivity index is 1.48. The number of aromatic nitrogens is 4. The molecule has 0 N–H and O–H groups in total. The number of fused-ring (bicyclic) bond motifs is 1. The van der Waals surface area contributed by atoms with Gasteiger partial charge >= 0.3 is 0 Å². The van der Waals surface area contributed by atoms with Crippen LogP contribution in [0.15, 0.2) is 78.3 Å². The van der Waals surface area contributed by atoms with Crippen molar-refractivity contribution in [1.82, 2.24) is 24.4 Å². The predicted molar refractivity (Wildman–Crippen MR) is 185 cm³/mol. The molecule has 0 bridgehead atoms. The monoisotopic (exact) mass is 650 g/mol. The molecule has 0 spiro atoms. The molecule has 2 aromatic carbocycles. The standard InChI is InChI=1S/C32H42N6O3S2Si/c1-23(43-42-7)40-26-18-28(38-22-35-29-30(36-21-37(5)6)33-20-34-31(29)38)41-27(26)19-39-44(32(2,3)4,24-14-10-8-11-15-24)25-16-12-9-13-17-25/h8-17,20-23,26-28H,18-19H2,1-7H3/b36-21+/t23-,26?,27-,28-/m1/s1. The van der Waals surface area contributed by atoms with Crippen molar-refractivity contribution < 1.29 is 13.9 Å². The summed E-state index contributed by atoms with van der Waals surface area (Å²) in [5.74, 6) is 0.518. The number of ether oxygens (including phenoxy) is 2. The second-order valence-corrected chi connectivity index (χ2v) is 19.1. The lowest BCUT2D eigenvalue weighted by atomic mass is 10.2. The molecule has 4 aromatic rings. The van der Waals surface area contributed by atoms with Crippen LogP contribution in [0.5, 0.6) is 0 Å². The molecule has 5 rings (SSSR count). The van der Waals surface area contributed by atoms with Gasteiger partial charge in [0.25, 0.3) is 8.32 Å². The summed E-state index contributed by atoms with van der Waals surface area (Å²) in [6.07, 6.45) is 6.89. The minimum Gasteiger partial charge on any atom is -0.405 e. The summed E-state index contributed by atoms with van der Waals surface area (Å²) in [7, 11) is 4.46. The second-order valence-electron chi connectivity index (χ2n) is 12.1. The third kappa shape index (κ3) is 6.90. The van der Waals surface area contributed by atoms with Gasteiger partial charge in [-0.2, -0.15) is 0 Å². The van der Waals surface area contributed by atoms with E-state index in [4.69, 9.17) is 13.9 Å². The average Bonchev–Trinajstić information content (AvgIpc) is 3.61. The molecular formula is C32H42N6O3S2Si. The van der Waals surface area contributed by atoms with Gasteiger partial charge in [0.15, 0.2) is 17.0 Å². The minimum atomic E-state index is -2.76. The van der Waals surface area contributed by atoms with E-state index in [0.717, 1.165) is 0 Å². The van der Waals surface area contributed by atoms with Crippen LogP contribution >= 0.6 is 21.6 Å². The van der Waals surface area contributed by atoms with Crippen molar-refractivity contribution in [3.63, 3.8) is 0 Å². The predicted octanol–water partition coefficient (Wildman–Crippen LogP) is 5.65. The smallest absolute Gasteiger partial charge is 0.261 e. The number of hydrogen-bond acceptors (Lipinski definition) is 9. The summed E-state index contributed by atoms with van der Waals surface area (Å²) >= 11 is 0. The highest BCUT2D eigenvalue weighted by Gasteiger charge is 2.51. The van der Waals surface area contributed by atoms with Crippen molar-refractivity contribution >= 4 is 63.6 Å². The van der Waals surface area contributed by atoms with Crippen molar-refractivity contribution in [3.8, 4) is 0 Å². The van der Waals surface area contributed by atoms with Crippen LogP contribution in [-0.4, -0.2) is 83.7 Å². The fourth-order valence-electron chi connectivity index (χ4n) is 5.85. The molecule has 0 radical (unpaired) electrons. The van der Waals surface area contributed by atoms with E-state index in [1.165, 1.54) is 16.7 Å². The molecule has 1 aliphatic heterocycles. The molecule has 2 aromatic heterocycles. The zero-order valence-corrected chi connectivity index (χ0v) is 29.1. The van der Waals surface area contributed by atoms with E-state index in [1.54, 1.807) is 34.3 Å². The van der Waals surface area contributed by atoms with Gasteiger partial charge in [-0.1, -0.05) is 103 Å². The highest BCUT2D eigenvalue weighted by atomic mass is 33.1. The second kappa shape index (κ2) is 14.1. The normalized spacial score (nSPS) is 20.0. The van der Waals surface area contributed by atoms with Crippen LogP contribution in [0.3, 0.4) is 0 Å². The first-order chi connectivity index (χ1) is 21.1. The Morgan fingerprint density at radius 3 is 2.32 bits per heavy atom. The number of aliphatic imine (C=N–C) groups is 1. The molecule has 1 saturated heterocycles. The number of benzene rings is 2. The van der Waals surface area contributed by atoms with Crippen molar-refractivity contribution in [2.24, 2.45) is 4.99 Å². The van der Waals surface area contributed by atoms with E-state index in [-0.39, 0.29) is 28.9 Å². The maximum Gasteiger partial charge on any atom is 0.261 e. The first kappa shape index (κ1) is 32.6. The summed E-state index contributed by atoms with van der Waals surface area (Å²) in [5, 5.41) is 2.33. The average molecular weight is 651 g/mol. The molecule has 234 valence electrons. The fraction of sp³-hybridized carbons (Fsp3) is 0.438. The van der Waals surface area contributed by atoms with Crippen molar-refractivity contribution in [2.45, 2.75) is 63.0 Å². The molecule has 0 saturated carbocycles. The molecule has 0 aliphatic carbocycles. The molecule has 4 atom stereocenters. The largest absolute Gasteiger partial charge is 0.405 e. The van der Waals surface area contributed by atoms with Crippen LogP contribution < -0.4 is 10.4 Å². The Morgan fingerprint density at radius 1 is 1.07 bits per heavy atom. The van der Waals surface area contributed by atoms with Gasteiger partial charge in [-0.3, -0.25) is 4.57 Å². The molecule has 1 fully saturated rings. The van der Waals surface area contributed by atoms with Crippen molar-refractivity contribution in [1.29, 1.82) is 0 Å². The Kier molecular flexibility index (Phi) is 10.5. The van der Waals surface area contributed by atoms with Crippen molar-refractivity contribution in [3.05, 3.63) is 73.3 Å². The number of rotatable bonds is 12. The zero-order valence-electron chi connectivity index (χ0n) is 26.5. The summed E-state index contributed by atoms with van der Waals surface area (Å²) in [4.78, 5) is 19.9. The zero-order chi connectivity index (χ0) is 31.3. The molecule has 9 nitrogen and oxygen atoms in total. The van der Waals surface area contributed by atoms with Crippen LogP contribution in [-0.2, 0) is 13.9 Å². The minimum absolute atomic E-state index is 0.0125. The van der Waals surface area contributed by atoms with Gasteiger partial charge in [0.2, 0.25) is 0 Å². The quantitative estimate of drug-likeness (QED) is 0.0635. The molecule has 44 heavy (non-hydrogen) atoms. The molecule has 3 heterocycles. The topological polar surface area (TPSA) is 86.9 Å². The summed E-state index contributed by atoms with van der Waals surface area (Å²) < 4.78 is 22.7. The van der Waals surface area contributed by atoms with Crippen molar-refractivity contribution in [2.75, 3.05) is 27.0 Å². The van der Waals surface area contributed by atoms with Crippen LogP contribution in [0.1, 0.15) is 40.3 Å². The Hall–Kier alpha value is -2.74. The van der Waals surface area contributed by atoms with E-state index in [2.05, 4.69) is 115 Å². The van der Waals surface area contributed by atoms with Gasteiger partial charge in [0.05, 0.1) is 25.4 Å². The molecule has 1 aliphatic rings. The number of imidazole rings is 1. The van der Waals surface area contributed by atoms with E-state index in [0.29, 0.717) is 30.0 Å². The van der Waals surface area contributed by atoms with Crippen LogP contribution in [0.4, 0.5) is 5.82 Å². The van der Waals surface area contributed by atoms with Crippen LogP contribution in [0.25, 0.3) is 11.2 Å². The van der Waals surface area contributed by atoms with Gasteiger partial charge in [0, 0.05) is 20.5 Å². The van der Waals surface area contributed by atoms with Gasteiger partial charge in [-0.05, 0) is 28.6 Å². The summed E-state index contributed by atoms with van der Waals surface area (Å²) in [6, 6.07) is 21.4. The molecule has 0 amide bonds. The lowest BCUT2D eigenvalue weighted by Crippen LogP contribution is -2.67. The van der Waals surface area contributed by atoms with Crippen LogP contribution in [0, 0.1) is 0 Å². The molecule has 12 heteroatoms. The third-order valence-corrected chi connectivity index (χ3v) is 14.7. The summed E-state index contributed by atoms with van der Waals surface area (Å²) in [6.45, 7) is 9.34. The fourth-order valence-corrected chi connectivity index (χ4v) is 11.8. The van der Waals surface area contributed by atoms with Gasteiger partial charge in [-0.25, -0.2) is 19.9 Å². The highest BCUT2D eigenvalue weighted by Crippen LogP contribution is 2.40. The van der Waals surface area contributed by atoms with Gasteiger partial charge in [0.1, 0.15) is 24.1 Å². The van der Waals surface area contributed by atoms with Crippen LogP contribution in [0.2, 0.25) is 5.04 Å². The highest BCUT2D eigenvalue weighted by molar-refractivity contribution is 8.76. The SMILES string of the molecule is CSS[C@H](C)OC1C[C@H](n2cnc3c(/N=C/N(C)C)ncnc32)O[C@@H]1CO[Si](c1ccccc1)(c1ccccc1)C(C)(C)C. The summed E-state index contributed by atoms with van der Waals surface area (Å²) in [5.41, 5.74) is 1.29. The molecule has 1 unspecified atom stereocenters. The van der Waals surface area contributed by atoms with E-state index in [1.807, 2.05) is 23.6 Å². The van der Waals surface area contributed by atoms with E-state index >= 15 is 0 Å². The Bertz CT molecular complexity index is 1490. The Morgan fingerprint density at radius 2 is 1.73 bits per heavy atom. The third-order valence-electron chi connectivity index (χ3n) is 7.72. The van der Waals surface area contributed by atoms with E-state index in [9.17, 15) is 0 Å². The lowest BCUT2D eigenvalue weighted by Gasteiger charge is -2.43. The van der Waals surface area contributed by atoms with Gasteiger partial charge in [-0.15, -0.1) is 0 Å². The maximum absolute atomic E-state index is 7.30. The first-order valence-electron chi connectivity index (χ1n) is 14.8. The Labute approximate surface area is 269 Å². The molecular weight excluding hydrogens is 609 g/mol. The van der Waals surface area contributed by atoms with E-state index < -0.39 is 8.32 Å². The first-order valence-corrected chi connectivity index (χ1v) is 19.3. The lowest BCUT2D eigenvalue weighted by molar-refractivity contribution is -0.0599. The van der Waals surface area contributed by atoms with Gasteiger partial charge < -0.3 is 18.8 Å².